The summed E-state index contributed by atoms with van der Waals surface area (Å²) in [6.07, 6.45) is 51.8. The molecule has 3 N–H and O–H groups in total. The molecule has 0 aliphatic heterocycles. The Morgan fingerprint density at radius 2 is 0.931 bits per heavy atom. The summed E-state index contributed by atoms with van der Waals surface area (Å²) in [7, 11) is -4.42. The Morgan fingerprint density at radius 1 is 0.534 bits per heavy atom. The Bertz CT molecular complexity index is 1090. The first-order valence-electron chi connectivity index (χ1n) is 23.6. The van der Waals surface area contributed by atoms with Crippen LogP contribution in [0.1, 0.15) is 213 Å². The second-order valence-corrected chi connectivity index (χ2v) is 17.2. The van der Waals surface area contributed by atoms with Crippen LogP contribution in [-0.2, 0) is 27.9 Å². The number of hydrogen-bond donors (Lipinski definition) is 3. The molecule has 0 saturated heterocycles. The van der Waals surface area contributed by atoms with Gasteiger partial charge in [0.25, 0.3) is 0 Å². The Hall–Kier alpha value is -2.03. The van der Waals surface area contributed by atoms with Crippen LogP contribution in [0.5, 0.6) is 0 Å². The van der Waals surface area contributed by atoms with Gasteiger partial charge >= 0.3 is 13.8 Å². The van der Waals surface area contributed by atoms with Gasteiger partial charge in [-0.25, -0.2) is 4.57 Å². The molecule has 0 aliphatic rings. The molecule has 2 unspecified atom stereocenters. The maximum Gasteiger partial charge on any atom is 0.472 e. The number of aliphatic hydroxyl groups is 1. The molecule has 0 spiro atoms. The molecular weight excluding hydrogens is 750 g/mol. The maximum atomic E-state index is 12.1. The lowest BCUT2D eigenvalue weighted by atomic mass is 10.1. The Kier molecular flexibility index (Phi) is 43.0. The zero-order valence-corrected chi connectivity index (χ0v) is 38.1. The molecule has 0 rings (SSSR count). The van der Waals surface area contributed by atoms with Crippen molar-refractivity contribution in [1.29, 1.82) is 0 Å². The molecule has 0 aromatic carbocycles. The fourth-order valence-electron chi connectivity index (χ4n) is 6.38. The number of esters is 1. The zero-order chi connectivity index (χ0) is 42.5. The highest BCUT2D eigenvalue weighted by atomic mass is 31.2. The van der Waals surface area contributed by atoms with E-state index in [1.807, 2.05) is 0 Å². The Morgan fingerprint density at radius 3 is 1.45 bits per heavy atom. The maximum absolute atomic E-state index is 12.1. The van der Waals surface area contributed by atoms with Crippen LogP contribution in [0.25, 0.3) is 0 Å². The van der Waals surface area contributed by atoms with E-state index >= 15 is 0 Å². The average molecular weight is 838 g/mol. The molecule has 0 aromatic heterocycles. The van der Waals surface area contributed by atoms with Gasteiger partial charge in [0.05, 0.1) is 13.2 Å². The van der Waals surface area contributed by atoms with Crippen molar-refractivity contribution in [2.75, 3.05) is 26.4 Å². The van der Waals surface area contributed by atoms with E-state index in [0.29, 0.717) is 6.42 Å². The SMILES string of the molecule is CCCCC/C=C\C/C=C\C/C=C\CCCCCCCCCCC(=O)NCCOP(=O)(O)OCC(O)COC(=O)CCCCCCC/C=C\CCCCCCCCC. The van der Waals surface area contributed by atoms with Gasteiger partial charge in [0, 0.05) is 19.4 Å². The predicted molar refractivity (Wildman–Crippen MR) is 243 cm³/mol. The van der Waals surface area contributed by atoms with E-state index in [4.69, 9.17) is 13.8 Å². The normalized spacial score (nSPS) is 13.7. The summed E-state index contributed by atoms with van der Waals surface area (Å²) < 4.78 is 26.9. The number of phosphoric acid groups is 1. The summed E-state index contributed by atoms with van der Waals surface area (Å²) in [5, 5.41) is 12.7. The molecule has 0 fully saturated rings. The van der Waals surface area contributed by atoms with Crippen molar-refractivity contribution in [1.82, 2.24) is 5.32 Å². The Balaban J connectivity index is 3.60. The fourth-order valence-corrected chi connectivity index (χ4v) is 7.14. The zero-order valence-electron chi connectivity index (χ0n) is 37.2. The monoisotopic (exact) mass is 838 g/mol. The number of carbonyl (C=O) groups is 2. The molecule has 0 saturated carbocycles. The number of phosphoric ester groups is 1. The van der Waals surface area contributed by atoms with E-state index < -0.39 is 26.5 Å². The average Bonchev–Trinajstić information content (AvgIpc) is 3.21. The molecule has 0 heterocycles. The molecule has 58 heavy (non-hydrogen) atoms. The largest absolute Gasteiger partial charge is 0.472 e. The van der Waals surface area contributed by atoms with E-state index in [0.717, 1.165) is 77.0 Å². The van der Waals surface area contributed by atoms with Crippen molar-refractivity contribution in [2.45, 2.75) is 219 Å². The van der Waals surface area contributed by atoms with Crippen LogP contribution in [0.2, 0.25) is 0 Å². The first-order valence-corrected chi connectivity index (χ1v) is 25.1. The molecule has 0 aromatic rings. The highest BCUT2D eigenvalue weighted by Gasteiger charge is 2.23. The molecule has 0 radical (unpaired) electrons. The second kappa shape index (κ2) is 44.5. The van der Waals surface area contributed by atoms with Crippen LogP contribution in [0, 0.1) is 0 Å². The van der Waals surface area contributed by atoms with E-state index in [1.165, 1.54) is 109 Å². The number of allylic oxidation sites excluding steroid dienone is 8. The van der Waals surface area contributed by atoms with Crippen molar-refractivity contribution in [3.05, 3.63) is 48.6 Å². The lowest BCUT2D eigenvalue weighted by Gasteiger charge is -2.15. The van der Waals surface area contributed by atoms with Gasteiger partial charge in [0.1, 0.15) is 12.7 Å². The van der Waals surface area contributed by atoms with Crippen LogP contribution in [0.3, 0.4) is 0 Å². The molecule has 1 amide bonds. The first-order chi connectivity index (χ1) is 28.3. The topological polar surface area (TPSA) is 131 Å². The van der Waals surface area contributed by atoms with Crippen molar-refractivity contribution < 1.29 is 37.9 Å². The second-order valence-electron chi connectivity index (χ2n) is 15.7. The predicted octanol–water partition coefficient (Wildman–Crippen LogP) is 13.5. The van der Waals surface area contributed by atoms with Gasteiger partial charge in [-0.3, -0.25) is 18.6 Å². The summed E-state index contributed by atoms with van der Waals surface area (Å²) in [6, 6.07) is 0. The number of amides is 1. The van der Waals surface area contributed by atoms with Crippen LogP contribution in [0.4, 0.5) is 0 Å². The lowest BCUT2D eigenvalue weighted by Crippen LogP contribution is -2.27. The Labute approximate surface area is 355 Å². The van der Waals surface area contributed by atoms with Crippen molar-refractivity contribution >= 4 is 19.7 Å². The van der Waals surface area contributed by atoms with E-state index in [-0.39, 0.29) is 32.1 Å². The lowest BCUT2D eigenvalue weighted by molar-refractivity contribution is -0.147. The van der Waals surface area contributed by atoms with Gasteiger partial charge < -0.3 is 20.1 Å². The van der Waals surface area contributed by atoms with Gasteiger partial charge in [0.15, 0.2) is 0 Å². The number of ether oxygens (including phenoxy) is 1. The van der Waals surface area contributed by atoms with Gasteiger partial charge in [-0.2, -0.15) is 0 Å². The van der Waals surface area contributed by atoms with E-state index in [2.05, 4.69) is 67.8 Å². The van der Waals surface area contributed by atoms with Gasteiger partial charge in [-0.1, -0.05) is 172 Å². The number of unbranched alkanes of at least 4 members (excludes halogenated alkanes) is 23. The van der Waals surface area contributed by atoms with E-state index in [1.54, 1.807) is 0 Å². The van der Waals surface area contributed by atoms with Crippen LogP contribution < -0.4 is 5.32 Å². The van der Waals surface area contributed by atoms with Crippen LogP contribution in [0.15, 0.2) is 48.6 Å². The summed E-state index contributed by atoms with van der Waals surface area (Å²) in [4.78, 5) is 34.0. The quantitative estimate of drug-likeness (QED) is 0.0239. The van der Waals surface area contributed by atoms with Crippen LogP contribution >= 0.6 is 7.82 Å². The molecule has 0 aliphatic carbocycles. The number of nitrogens with one attached hydrogen (secondary N) is 1. The highest BCUT2D eigenvalue weighted by molar-refractivity contribution is 7.47. The molecule has 10 heteroatoms. The first kappa shape index (κ1) is 56.0. The van der Waals surface area contributed by atoms with Gasteiger partial charge in [-0.15, -0.1) is 0 Å². The third kappa shape index (κ3) is 45.1. The van der Waals surface area contributed by atoms with Gasteiger partial charge in [0.2, 0.25) is 5.91 Å². The van der Waals surface area contributed by atoms with Gasteiger partial charge in [-0.05, 0) is 77.0 Å². The number of hydrogen-bond acceptors (Lipinski definition) is 7. The molecule has 0 bridgehead atoms. The molecule has 2 atom stereocenters. The molecule has 9 nitrogen and oxygen atoms in total. The minimum absolute atomic E-state index is 0.0755. The van der Waals surface area contributed by atoms with Crippen molar-refractivity contribution in [3.63, 3.8) is 0 Å². The highest BCUT2D eigenvalue weighted by Crippen LogP contribution is 2.42. The third-order valence-corrected chi connectivity index (χ3v) is 11.0. The summed E-state index contributed by atoms with van der Waals surface area (Å²) in [6.45, 7) is 3.52. The number of carbonyl (C=O) groups excluding carboxylic acids is 2. The van der Waals surface area contributed by atoms with Crippen molar-refractivity contribution in [2.24, 2.45) is 0 Å². The number of aliphatic hydroxyl groups excluding tert-OH is 1. The smallest absolute Gasteiger partial charge is 0.463 e. The summed E-state index contributed by atoms with van der Waals surface area (Å²) in [5.74, 6) is -0.530. The minimum Gasteiger partial charge on any atom is -0.463 e. The van der Waals surface area contributed by atoms with Crippen LogP contribution in [-0.4, -0.2) is 54.3 Å². The fraction of sp³-hybridized carbons (Fsp3) is 0.792. The third-order valence-electron chi connectivity index (χ3n) is 9.98. The minimum atomic E-state index is -4.42. The molecule has 338 valence electrons. The van der Waals surface area contributed by atoms with E-state index in [9.17, 15) is 24.2 Å². The standard InChI is InChI=1S/C48H88NO8P/c1-3-5-7-9-11-13-15-17-19-21-22-23-24-25-26-28-30-32-34-36-38-40-47(51)49-42-43-56-58(53,54)57-45-46(50)44-55-48(52)41-39-37-35-33-31-29-27-20-18-16-14-12-10-8-6-4-2/h11,13,17,19-20,22-23,27,46,50H,3-10,12,14-16,18,21,24-26,28-45H2,1-2H3,(H,49,51)(H,53,54)/b13-11-,19-17-,23-22-,27-20-. The number of rotatable bonds is 44. The molecular formula is C48H88NO8P. The summed E-state index contributed by atoms with van der Waals surface area (Å²) in [5.41, 5.74) is 0. The van der Waals surface area contributed by atoms with Crippen molar-refractivity contribution in [3.8, 4) is 0 Å². The summed E-state index contributed by atoms with van der Waals surface area (Å²) >= 11 is 0.